The van der Waals surface area contributed by atoms with E-state index < -0.39 is 23.8 Å². The number of carbonyl (C=O) groups excluding carboxylic acids is 2. The topological polar surface area (TPSA) is 46.6 Å². The first-order valence-corrected chi connectivity index (χ1v) is 5.72. The summed E-state index contributed by atoms with van der Waals surface area (Å²) in [7, 11) is 1.22. The maximum absolute atomic E-state index is 12.6. The molecular formula is C11H15F2NO3. The number of hydrogen-bond acceptors (Lipinski definition) is 3. The van der Waals surface area contributed by atoms with E-state index >= 15 is 0 Å². The van der Waals surface area contributed by atoms with Gasteiger partial charge in [-0.25, -0.2) is 4.79 Å². The van der Waals surface area contributed by atoms with Gasteiger partial charge in [0, 0.05) is 6.04 Å². The molecule has 2 saturated carbocycles. The third kappa shape index (κ3) is 1.89. The highest BCUT2D eigenvalue weighted by Crippen LogP contribution is 2.45. The number of alkyl halides is 2. The molecule has 17 heavy (non-hydrogen) atoms. The van der Waals surface area contributed by atoms with Crippen molar-refractivity contribution < 1.29 is 23.1 Å². The predicted molar refractivity (Wildman–Crippen MR) is 54.5 cm³/mol. The summed E-state index contributed by atoms with van der Waals surface area (Å²) in [5.41, 5.74) is -1.12. The summed E-state index contributed by atoms with van der Waals surface area (Å²) in [6, 6.07) is -0.212. The molecule has 0 saturated heterocycles. The van der Waals surface area contributed by atoms with Crippen molar-refractivity contribution in [2.45, 2.75) is 50.1 Å². The monoisotopic (exact) mass is 247 g/mol. The Balaban J connectivity index is 2.25. The van der Waals surface area contributed by atoms with Gasteiger partial charge in [-0.1, -0.05) is 0 Å². The van der Waals surface area contributed by atoms with Crippen molar-refractivity contribution in [3.8, 4) is 0 Å². The molecule has 2 aliphatic rings. The molecule has 2 fully saturated rings. The van der Waals surface area contributed by atoms with Crippen LogP contribution in [0.5, 0.6) is 0 Å². The van der Waals surface area contributed by atoms with Crippen LogP contribution in [-0.4, -0.2) is 41.9 Å². The molecule has 0 heterocycles. The third-order valence-corrected chi connectivity index (χ3v) is 3.54. The smallest absolute Gasteiger partial charge is 0.331 e. The summed E-state index contributed by atoms with van der Waals surface area (Å²) in [5, 5.41) is 0. The number of amides is 1. The molecule has 0 atom stereocenters. The summed E-state index contributed by atoms with van der Waals surface area (Å²) in [6.07, 6.45) is -0.0651. The van der Waals surface area contributed by atoms with Crippen LogP contribution in [0, 0.1) is 0 Å². The minimum absolute atomic E-state index is 0.212. The molecule has 6 heteroatoms. The minimum atomic E-state index is -3.06. The first kappa shape index (κ1) is 12.3. The third-order valence-electron chi connectivity index (χ3n) is 3.54. The lowest BCUT2D eigenvalue weighted by Crippen LogP contribution is -2.63. The van der Waals surface area contributed by atoms with Gasteiger partial charge < -0.3 is 9.64 Å². The van der Waals surface area contributed by atoms with E-state index in [-0.39, 0.29) is 6.04 Å². The van der Waals surface area contributed by atoms with E-state index in [4.69, 9.17) is 0 Å². The number of halogens is 2. The van der Waals surface area contributed by atoms with E-state index in [1.807, 2.05) is 0 Å². The average Bonchev–Trinajstić information content (AvgIpc) is 3.04. The Morgan fingerprint density at radius 3 is 2.24 bits per heavy atom. The van der Waals surface area contributed by atoms with E-state index in [9.17, 15) is 18.4 Å². The number of methoxy groups -OCH3 is 1. The normalized spacial score (nSPS) is 21.9. The van der Waals surface area contributed by atoms with Gasteiger partial charge in [-0.15, -0.1) is 0 Å². The van der Waals surface area contributed by atoms with Crippen LogP contribution in [0.2, 0.25) is 0 Å². The standard InChI is InChI=1S/C11H15F2NO3/c1-17-10(16)11(5-2-6-11)14(7-3-4-7)9(15)8(12)13/h7-8H,2-6H2,1H3. The maximum atomic E-state index is 12.6. The largest absolute Gasteiger partial charge is 0.467 e. The van der Waals surface area contributed by atoms with Gasteiger partial charge in [0.25, 0.3) is 5.91 Å². The highest BCUT2D eigenvalue weighted by atomic mass is 19.3. The van der Waals surface area contributed by atoms with Crippen LogP contribution in [0.25, 0.3) is 0 Å². The molecule has 0 bridgehead atoms. The number of rotatable bonds is 4. The van der Waals surface area contributed by atoms with Crippen LogP contribution in [-0.2, 0) is 14.3 Å². The molecule has 0 spiro atoms. The Labute approximate surface area is 97.9 Å². The molecule has 1 amide bonds. The molecule has 0 aromatic heterocycles. The van der Waals surface area contributed by atoms with Gasteiger partial charge in [0.05, 0.1) is 7.11 Å². The summed E-state index contributed by atoms with van der Waals surface area (Å²) < 4.78 is 29.8. The zero-order valence-electron chi connectivity index (χ0n) is 9.62. The zero-order chi connectivity index (χ0) is 12.6. The quantitative estimate of drug-likeness (QED) is 0.704. The Morgan fingerprint density at radius 2 is 1.94 bits per heavy atom. The van der Waals surface area contributed by atoms with E-state index in [0.29, 0.717) is 25.7 Å². The molecule has 0 unspecified atom stereocenters. The van der Waals surface area contributed by atoms with Gasteiger partial charge >= 0.3 is 12.4 Å². The molecule has 4 nitrogen and oxygen atoms in total. The average molecular weight is 247 g/mol. The molecule has 0 aromatic rings. The molecule has 0 aliphatic heterocycles. The van der Waals surface area contributed by atoms with Crippen molar-refractivity contribution in [2.75, 3.05) is 7.11 Å². The Hall–Kier alpha value is -1.20. The fraction of sp³-hybridized carbons (Fsp3) is 0.818. The van der Waals surface area contributed by atoms with Gasteiger partial charge in [-0.2, -0.15) is 8.78 Å². The van der Waals surface area contributed by atoms with E-state index in [1.54, 1.807) is 0 Å². The first-order valence-electron chi connectivity index (χ1n) is 5.72. The lowest BCUT2D eigenvalue weighted by atomic mass is 9.75. The number of nitrogens with zero attached hydrogens (tertiary/aromatic N) is 1. The second-order valence-electron chi connectivity index (χ2n) is 4.62. The van der Waals surface area contributed by atoms with Crippen LogP contribution in [0.4, 0.5) is 8.78 Å². The minimum Gasteiger partial charge on any atom is -0.467 e. The van der Waals surface area contributed by atoms with Crippen molar-refractivity contribution in [3.05, 3.63) is 0 Å². The Kier molecular flexibility index (Phi) is 3.05. The lowest BCUT2D eigenvalue weighted by molar-refractivity contribution is -0.174. The summed E-state index contributed by atoms with van der Waals surface area (Å²) >= 11 is 0. The van der Waals surface area contributed by atoms with E-state index in [2.05, 4.69) is 4.74 Å². The zero-order valence-corrected chi connectivity index (χ0v) is 9.62. The number of ether oxygens (including phenoxy) is 1. The number of hydrogen-bond donors (Lipinski definition) is 0. The highest BCUT2D eigenvalue weighted by Gasteiger charge is 2.57. The second kappa shape index (κ2) is 4.23. The van der Waals surface area contributed by atoms with Crippen molar-refractivity contribution in [1.29, 1.82) is 0 Å². The first-order chi connectivity index (χ1) is 8.03. The molecule has 0 N–H and O–H groups in total. The Bertz CT molecular complexity index is 338. The molecular weight excluding hydrogens is 232 g/mol. The van der Waals surface area contributed by atoms with Crippen LogP contribution in [0.3, 0.4) is 0 Å². The predicted octanol–water partition coefficient (Wildman–Crippen LogP) is 1.34. The maximum Gasteiger partial charge on any atom is 0.331 e. The molecule has 2 rings (SSSR count). The molecule has 96 valence electrons. The molecule has 0 radical (unpaired) electrons. The van der Waals surface area contributed by atoms with Gasteiger partial charge in [0.1, 0.15) is 5.54 Å². The Morgan fingerprint density at radius 1 is 1.35 bits per heavy atom. The van der Waals surface area contributed by atoms with Crippen LogP contribution in [0.1, 0.15) is 32.1 Å². The van der Waals surface area contributed by atoms with Crippen molar-refractivity contribution >= 4 is 11.9 Å². The van der Waals surface area contributed by atoms with Gasteiger partial charge in [0.2, 0.25) is 0 Å². The van der Waals surface area contributed by atoms with Crippen LogP contribution < -0.4 is 0 Å². The van der Waals surface area contributed by atoms with Gasteiger partial charge in [-0.05, 0) is 32.1 Å². The summed E-state index contributed by atoms with van der Waals surface area (Å²) in [5.74, 6) is -1.80. The number of esters is 1. The van der Waals surface area contributed by atoms with Crippen molar-refractivity contribution in [1.82, 2.24) is 4.90 Å². The fourth-order valence-electron chi connectivity index (χ4n) is 2.42. The van der Waals surface area contributed by atoms with Crippen LogP contribution >= 0.6 is 0 Å². The van der Waals surface area contributed by atoms with Crippen molar-refractivity contribution in [3.63, 3.8) is 0 Å². The SMILES string of the molecule is COC(=O)C1(N(C(=O)C(F)F)C2CC2)CCC1. The van der Waals surface area contributed by atoms with E-state index in [1.165, 1.54) is 7.11 Å². The summed E-state index contributed by atoms with van der Waals surface area (Å²) in [4.78, 5) is 24.4. The van der Waals surface area contributed by atoms with Gasteiger partial charge in [0.15, 0.2) is 0 Å². The van der Waals surface area contributed by atoms with Crippen molar-refractivity contribution in [2.24, 2.45) is 0 Å². The van der Waals surface area contributed by atoms with Gasteiger partial charge in [-0.3, -0.25) is 4.79 Å². The highest BCUT2D eigenvalue weighted by molar-refractivity contribution is 5.90. The van der Waals surface area contributed by atoms with Crippen LogP contribution in [0.15, 0.2) is 0 Å². The van der Waals surface area contributed by atoms with E-state index in [0.717, 1.165) is 11.3 Å². The fourth-order valence-corrected chi connectivity index (χ4v) is 2.42. The molecule has 2 aliphatic carbocycles. The summed E-state index contributed by atoms with van der Waals surface area (Å²) in [6.45, 7) is 0. The second-order valence-corrected chi connectivity index (χ2v) is 4.62. The lowest BCUT2D eigenvalue weighted by Gasteiger charge is -2.47. The molecule has 0 aromatic carbocycles. The number of carbonyl (C=O) groups is 2.